The molecule has 4 rings (SSSR count). The summed E-state index contributed by atoms with van der Waals surface area (Å²) in [7, 11) is 0. The van der Waals surface area contributed by atoms with Crippen molar-refractivity contribution >= 4 is 45.8 Å². The van der Waals surface area contributed by atoms with Crippen molar-refractivity contribution < 1.29 is 9.53 Å². The van der Waals surface area contributed by atoms with Crippen LogP contribution in [0.3, 0.4) is 0 Å². The van der Waals surface area contributed by atoms with Crippen LogP contribution in [0.25, 0.3) is 10.9 Å². The lowest BCUT2D eigenvalue weighted by Crippen LogP contribution is -2.40. The maximum atomic E-state index is 12.2. The summed E-state index contributed by atoms with van der Waals surface area (Å²) in [4.78, 5) is 16.8. The van der Waals surface area contributed by atoms with E-state index in [1.165, 1.54) is 0 Å². The number of halogens is 2. The van der Waals surface area contributed by atoms with Crippen molar-refractivity contribution in [2.45, 2.75) is 31.7 Å². The number of hydrogen-bond donors (Lipinski definition) is 2. The monoisotopic (exact) mass is 457 g/mol. The second kappa shape index (κ2) is 10.2. The van der Waals surface area contributed by atoms with E-state index in [-0.39, 0.29) is 18.6 Å². The molecule has 3 aromatic rings. The Balaban J connectivity index is 1.18. The molecule has 1 heterocycles. The number of amides is 1. The predicted molar refractivity (Wildman–Crippen MR) is 126 cm³/mol. The maximum Gasteiger partial charge on any atom is 0.258 e. The van der Waals surface area contributed by atoms with Crippen LogP contribution in [0.1, 0.15) is 25.7 Å². The zero-order valence-corrected chi connectivity index (χ0v) is 18.6. The molecule has 7 heteroatoms. The van der Waals surface area contributed by atoms with Crippen LogP contribution in [0.15, 0.2) is 54.6 Å². The molecule has 2 N–H and O–H groups in total. The van der Waals surface area contributed by atoms with Gasteiger partial charge in [0.15, 0.2) is 6.61 Å². The fourth-order valence-corrected chi connectivity index (χ4v) is 4.21. The first kappa shape index (κ1) is 21.7. The summed E-state index contributed by atoms with van der Waals surface area (Å²) in [6, 6.07) is 17.0. The van der Waals surface area contributed by atoms with Gasteiger partial charge in [0.1, 0.15) is 11.6 Å². The van der Waals surface area contributed by atoms with Crippen molar-refractivity contribution in [3.8, 4) is 5.75 Å². The molecule has 0 aliphatic heterocycles. The lowest BCUT2D eigenvalue weighted by atomic mass is 9.86. The van der Waals surface area contributed by atoms with Crippen LogP contribution >= 0.6 is 23.2 Å². The lowest BCUT2D eigenvalue weighted by Gasteiger charge is -2.29. The Morgan fingerprint density at radius 3 is 2.48 bits per heavy atom. The third kappa shape index (κ3) is 6.25. The molecule has 1 amide bonds. The minimum Gasteiger partial charge on any atom is -0.484 e. The van der Waals surface area contributed by atoms with Crippen LogP contribution in [-0.2, 0) is 4.79 Å². The summed E-state index contributed by atoms with van der Waals surface area (Å²) in [5, 5.41) is 8.94. The Labute approximate surface area is 192 Å². The van der Waals surface area contributed by atoms with E-state index in [1.807, 2.05) is 30.3 Å². The van der Waals surface area contributed by atoms with Crippen LogP contribution in [0.2, 0.25) is 10.0 Å². The molecule has 0 unspecified atom stereocenters. The van der Waals surface area contributed by atoms with Crippen molar-refractivity contribution in [2.75, 3.05) is 18.5 Å². The van der Waals surface area contributed by atoms with Gasteiger partial charge >= 0.3 is 0 Å². The molecular weight excluding hydrogens is 433 g/mol. The van der Waals surface area contributed by atoms with Gasteiger partial charge in [-0.2, -0.15) is 0 Å². The van der Waals surface area contributed by atoms with Gasteiger partial charge in [0.25, 0.3) is 5.91 Å². The van der Waals surface area contributed by atoms with Crippen molar-refractivity contribution in [3.63, 3.8) is 0 Å². The van der Waals surface area contributed by atoms with Gasteiger partial charge in [0, 0.05) is 28.0 Å². The normalized spacial score (nSPS) is 18.5. The molecule has 1 saturated carbocycles. The van der Waals surface area contributed by atoms with Crippen LogP contribution < -0.4 is 15.4 Å². The highest BCUT2D eigenvalue weighted by Gasteiger charge is 2.22. The fourth-order valence-electron chi connectivity index (χ4n) is 3.90. The van der Waals surface area contributed by atoms with Gasteiger partial charge in [0.2, 0.25) is 0 Å². The molecule has 0 spiro atoms. The van der Waals surface area contributed by atoms with Gasteiger partial charge in [-0.25, -0.2) is 4.98 Å². The van der Waals surface area contributed by atoms with Crippen molar-refractivity contribution in [1.82, 2.24) is 10.3 Å². The van der Waals surface area contributed by atoms with Gasteiger partial charge in [-0.3, -0.25) is 4.79 Å². The smallest absolute Gasteiger partial charge is 0.258 e. The van der Waals surface area contributed by atoms with Crippen LogP contribution in [-0.4, -0.2) is 30.1 Å². The SMILES string of the molecule is O=C(COc1ccc(Cl)cc1)N[C@H]1CC[C@H](CNc2ccc3cc(Cl)ccc3n2)CC1. The molecule has 1 aromatic heterocycles. The van der Waals surface area contributed by atoms with E-state index in [9.17, 15) is 4.79 Å². The summed E-state index contributed by atoms with van der Waals surface area (Å²) in [6.45, 7) is 0.897. The standard InChI is InChI=1S/C24H25Cl2N3O2/c25-18-4-9-21(10-5-18)31-15-24(30)28-20-7-1-16(2-8-20)14-27-23-12-3-17-13-19(26)6-11-22(17)29-23/h3-6,9-13,16,20H,1-2,7-8,14-15H2,(H,27,29)(H,28,30)/t16-,20-. The molecular formula is C24H25Cl2N3O2. The van der Waals surface area contributed by atoms with Crippen LogP contribution in [0.5, 0.6) is 5.75 Å². The zero-order valence-electron chi connectivity index (χ0n) is 17.1. The largest absolute Gasteiger partial charge is 0.484 e. The Morgan fingerprint density at radius 1 is 0.968 bits per heavy atom. The molecule has 1 aliphatic rings. The summed E-state index contributed by atoms with van der Waals surface area (Å²) in [5.74, 6) is 2.00. The van der Waals surface area contributed by atoms with E-state index < -0.39 is 0 Å². The number of carbonyl (C=O) groups is 1. The number of carbonyl (C=O) groups excluding carboxylic acids is 1. The van der Waals surface area contributed by atoms with Gasteiger partial charge in [0.05, 0.1) is 5.52 Å². The molecule has 5 nitrogen and oxygen atoms in total. The van der Waals surface area contributed by atoms with E-state index in [2.05, 4.69) is 15.6 Å². The minimum atomic E-state index is -0.0861. The van der Waals surface area contributed by atoms with Crippen LogP contribution in [0, 0.1) is 5.92 Å². The highest BCUT2D eigenvalue weighted by atomic mass is 35.5. The predicted octanol–water partition coefficient (Wildman–Crippen LogP) is 5.71. The number of hydrogen-bond acceptors (Lipinski definition) is 4. The first-order chi connectivity index (χ1) is 15.0. The number of pyridine rings is 1. The van der Waals surface area contributed by atoms with Crippen molar-refractivity contribution in [1.29, 1.82) is 0 Å². The molecule has 0 radical (unpaired) electrons. The lowest BCUT2D eigenvalue weighted by molar-refractivity contribution is -0.124. The molecule has 0 bridgehead atoms. The van der Waals surface area contributed by atoms with E-state index >= 15 is 0 Å². The number of nitrogens with one attached hydrogen (secondary N) is 2. The molecule has 1 fully saturated rings. The number of ether oxygens (including phenoxy) is 1. The average molecular weight is 458 g/mol. The summed E-state index contributed by atoms with van der Waals surface area (Å²) in [6.07, 6.45) is 4.09. The second-order valence-corrected chi connectivity index (χ2v) is 8.82. The summed E-state index contributed by atoms with van der Waals surface area (Å²) in [5.41, 5.74) is 0.932. The first-order valence-corrected chi connectivity index (χ1v) is 11.3. The second-order valence-electron chi connectivity index (χ2n) is 7.94. The topological polar surface area (TPSA) is 63.2 Å². The third-order valence-corrected chi connectivity index (χ3v) is 6.11. The number of fused-ring (bicyclic) bond motifs is 1. The van der Waals surface area contributed by atoms with E-state index in [1.54, 1.807) is 24.3 Å². The molecule has 2 aromatic carbocycles. The molecule has 1 aliphatic carbocycles. The maximum absolute atomic E-state index is 12.2. The Kier molecular flexibility index (Phi) is 7.15. The first-order valence-electron chi connectivity index (χ1n) is 10.5. The van der Waals surface area contributed by atoms with Crippen molar-refractivity contribution in [2.24, 2.45) is 5.92 Å². The van der Waals surface area contributed by atoms with Crippen LogP contribution in [0.4, 0.5) is 5.82 Å². The number of nitrogens with zero attached hydrogens (tertiary/aromatic N) is 1. The van der Waals surface area contributed by atoms with Gasteiger partial charge in [-0.15, -0.1) is 0 Å². The van der Waals surface area contributed by atoms with Gasteiger partial charge < -0.3 is 15.4 Å². The van der Waals surface area contributed by atoms with Crippen molar-refractivity contribution in [3.05, 3.63) is 64.6 Å². The minimum absolute atomic E-state index is 0.0158. The van der Waals surface area contributed by atoms with E-state index in [4.69, 9.17) is 27.9 Å². The molecule has 31 heavy (non-hydrogen) atoms. The highest BCUT2D eigenvalue weighted by molar-refractivity contribution is 6.31. The zero-order chi connectivity index (χ0) is 21.6. The summed E-state index contributed by atoms with van der Waals surface area (Å²) >= 11 is 11.9. The molecule has 162 valence electrons. The van der Waals surface area contributed by atoms with Gasteiger partial charge in [-0.05, 0) is 86.2 Å². The average Bonchev–Trinajstić information content (AvgIpc) is 2.78. The number of rotatable bonds is 7. The highest BCUT2D eigenvalue weighted by Crippen LogP contribution is 2.25. The molecule has 0 atom stereocenters. The van der Waals surface area contributed by atoms with E-state index in [0.29, 0.717) is 16.7 Å². The molecule has 0 saturated heterocycles. The Bertz CT molecular complexity index is 1030. The van der Waals surface area contributed by atoms with E-state index in [0.717, 1.165) is 54.0 Å². The Hall–Kier alpha value is -2.50. The number of benzene rings is 2. The fraction of sp³-hybridized carbons (Fsp3) is 0.333. The summed E-state index contributed by atoms with van der Waals surface area (Å²) < 4.78 is 5.52. The number of anilines is 1. The Morgan fingerprint density at radius 2 is 1.71 bits per heavy atom. The third-order valence-electron chi connectivity index (χ3n) is 5.62. The van der Waals surface area contributed by atoms with Gasteiger partial charge in [-0.1, -0.05) is 23.2 Å². The quantitative estimate of drug-likeness (QED) is 0.476. The number of aromatic nitrogens is 1.